The van der Waals surface area contributed by atoms with Crippen molar-refractivity contribution in [2.75, 3.05) is 13.2 Å². The molecular weight excluding hydrogens is 166 g/mol. The van der Waals surface area contributed by atoms with Gasteiger partial charge in [-0.15, -0.1) is 0 Å². The summed E-state index contributed by atoms with van der Waals surface area (Å²) in [5.74, 6) is 0.338. The molecule has 1 saturated carbocycles. The molecule has 1 aliphatic carbocycles. The number of aliphatic hydroxyl groups excluding tert-OH is 1. The summed E-state index contributed by atoms with van der Waals surface area (Å²) in [6, 6.07) is 0. The van der Waals surface area contributed by atoms with Crippen LogP contribution in [-0.2, 0) is 4.79 Å². The zero-order valence-corrected chi connectivity index (χ0v) is 8.09. The molecule has 1 rings (SSSR count). The monoisotopic (exact) mass is 185 g/mol. The molecule has 0 aromatic carbocycles. The molecule has 0 bridgehead atoms. The van der Waals surface area contributed by atoms with Crippen LogP contribution in [0.2, 0.25) is 0 Å². The van der Waals surface area contributed by atoms with E-state index in [0.29, 0.717) is 6.54 Å². The summed E-state index contributed by atoms with van der Waals surface area (Å²) in [7, 11) is 0. The number of hydrogen-bond acceptors (Lipinski definition) is 2. The van der Waals surface area contributed by atoms with Gasteiger partial charge < -0.3 is 10.4 Å². The second-order valence-corrected chi connectivity index (χ2v) is 3.70. The predicted molar refractivity (Wildman–Crippen MR) is 51.3 cm³/mol. The summed E-state index contributed by atoms with van der Waals surface area (Å²) >= 11 is 0. The zero-order chi connectivity index (χ0) is 9.52. The Hall–Kier alpha value is -0.570. The second kappa shape index (κ2) is 5.97. The standard InChI is InChI=1S/C10H19NO2/c12-8-7-11-10(13)9-5-3-1-2-4-6-9/h9,12H,1-8H2,(H,11,13). The van der Waals surface area contributed by atoms with Gasteiger partial charge in [-0.1, -0.05) is 25.7 Å². The maximum atomic E-state index is 11.5. The lowest BCUT2D eigenvalue weighted by Crippen LogP contribution is -2.32. The van der Waals surface area contributed by atoms with E-state index >= 15 is 0 Å². The fraction of sp³-hybridized carbons (Fsp3) is 0.900. The van der Waals surface area contributed by atoms with Gasteiger partial charge in [-0.25, -0.2) is 0 Å². The van der Waals surface area contributed by atoms with Crippen molar-refractivity contribution in [1.29, 1.82) is 0 Å². The van der Waals surface area contributed by atoms with E-state index in [0.717, 1.165) is 12.8 Å². The highest BCUT2D eigenvalue weighted by Crippen LogP contribution is 2.22. The molecule has 0 spiro atoms. The summed E-state index contributed by atoms with van der Waals surface area (Å²) in [4.78, 5) is 11.5. The van der Waals surface area contributed by atoms with E-state index in [1.54, 1.807) is 0 Å². The Morgan fingerprint density at radius 1 is 1.23 bits per heavy atom. The van der Waals surface area contributed by atoms with Gasteiger partial charge in [0.15, 0.2) is 0 Å². The average Bonchev–Trinajstić information content (AvgIpc) is 2.42. The van der Waals surface area contributed by atoms with Crippen LogP contribution >= 0.6 is 0 Å². The SMILES string of the molecule is O=C(NCCO)C1CCCCCC1. The van der Waals surface area contributed by atoms with Crippen molar-refractivity contribution in [3.63, 3.8) is 0 Å². The topological polar surface area (TPSA) is 49.3 Å². The summed E-state index contributed by atoms with van der Waals surface area (Å²) in [5, 5.41) is 11.3. The lowest BCUT2D eigenvalue weighted by molar-refractivity contribution is -0.125. The van der Waals surface area contributed by atoms with Crippen molar-refractivity contribution in [1.82, 2.24) is 5.32 Å². The second-order valence-electron chi connectivity index (χ2n) is 3.70. The zero-order valence-electron chi connectivity index (χ0n) is 8.09. The first-order valence-electron chi connectivity index (χ1n) is 5.23. The number of aliphatic hydroxyl groups is 1. The van der Waals surface area contributed by atoms with Crippen LogP contribution in [0.4, 0.5) is 0 Å². The molecule has 1 aliphatic rings. The third-order valence-corrected chi connectivity index (χ3v) is 2.64. The fourth-order valence-corrected chi connectivity index (χ4v) is 1.86. The Morgan fingerprint density at radius 3 is 2.38 bits per heavy atom. The molecule has 0 aliphatic heterocycles. The Kier molecular flexibility index (Phi) is 4.83. The van der Waals surface area contributed by atoms with Gasteiger partial charge >= 0.3 is 0 Å². The van der Waals surface area contributed by atoms with Crippen molar-refractivity contribution in [3.05, 3.63) is 0 Å². The van der Waals surface area contributed by atoms with E-state index < -0.39 is 0 Å². The fourth-order valence-electron chi connectivity index (χ4n) is 1.86. The van der Waals surface area contributed by atoms with Gasteiger partial charge in [-0.3, -0.25) is 4.79 Å². The maximum absolute atomic E-state index is 11.5. The number of hydrogen-bond donors (Lipinski definition) is 2. The summed E-state index contributed by atoms with van der Waals surface area (Å²) in [6.45, 7) is 0.438. The van der Waals surface area contributed by atoms with Crippen LogP contribution in [0.3, 0.4) is 0 Å². The number of amides is 1. The van der Waals surface area contributed by atoms with Crippen LogP contribution in [0.5, 0.6) is 0 Å². The van der Waals surface area contributed by atoms with Crippen molar-refractivity contribution in [3.8, 4) is 0 Å². The lowest BCUT2D eigenvalue weighted by Gasteiger charge is -2.12. The quantitative estimate of drug-likeness (QED) is 0.646. The maximum Gasteiger partial charge on any atom is 0.223 e. The minimum atomic E-state index is 0.0401. The van der Waals surface area contributed by atoms with Gasteiger partial charge in [0.25, 0.3) is 0 Å². The number of carbonyl (C=O) groups is 1. The van der Waals surface area contributed by atoms with Gasteiger partial charge in [-0.2, -0.15) is 0 Å². The van der Waals surface area contributed by atoms with E-state index in [9.17, 15) is 4.79 Å². The Balaban J connectivity index is 2.26. The Morgan fingerprint density at radius 2 is 1.85 bits per heavy atom. The van der Waals surface area contributed by atoms with E-state index in [-0.39, 0.29) is 18.4 Å². The molecular formula is C10H19NO2. The lowest BCUT2D eigenvalue weighted by atomic mass is 10.00. The first-order valence-corrected chi connectivity index (χ1v) is 5.23. The van der Waals surface area contributed by atoms with Gasteiger partial charge in [0.1, 0.15) is 0 Å². The highest BCUT2D eigenvalue weighted by molar-refractivity contribution is 5.78. The third-order valence-electron chi connectivity index (χ3n) is 2.64. The van der Waals surface area contributed by atoms with Crippen molar-refractivity contribution in [2.45, 2.75) is 38.5 Å². The van der Waals surface area contributed by atoms with Crippen LogP contribution in [0.25, 0.3) is 0 Å². The number of carbonyl (C=O) groups excluding carboxylic acids is 1. The molecule has 0 saturated heterocycles. The third kappa shape index (κ3) is 3.77. The van der Waals surface area contributed by atoms with Crippen LogP contribution < -0.4 is 5.32 Å². The first kappa shape index (κ1) is 10.5. The van der Waals surface area contributed by atoms with Crippen LogP contribution in [0, 0.1) is 5.92 Å². The van der Waals surface area contributed by atoms with Crippen molar-refractivity contribution < 1.29 is 9.90 Å². The van der Waals surface area contributed by atoms with Gasteiger partial charge in [-0.05, 0) is 12.8 Å². The van der Waals surface area contributed by atoms with E-state index in [1.807, 2.05) is 0 Å². The Bertz CT molecular complexity index is 151. The molecule has 0 atom stereocenters. The predicted octanol–water partition coefficient (Wildman–Crippen LogP) is 1.07. The Labute approximate surface area is 79.5 Å². The highest BCUT2D eigenvalue weighted by Gasteiger charge is 2.18. The molecule has 1 amide bonds. The molecule has 2 N–H and O–H groups in total. The number of nitrogens with one attached hydrogen (secondary N) is 1. The van der Waals surface area contributed by atoms with Gasteiger partial charge in [0, 0.05) is 12.5 Å². The van der Waals surface area contributed by atoms with Gasteiger partial charge in [0.2, 0.25) is 5.91 Å². The van der Waals surface area contributed by atoms with Crippen LogP contribution in [0.1, 0.15) is 38.5 Å². The highest BCUT2D eigenvalue weighted by atomic mass is 16.3. The minimum absolute atomic E-state index is 0.0401. The van der Waals surface area contributed by atoms with Crippen LogP contribution in [0.15, 0.2) is 0 Å². The molecule has 0 aromatic heterocycles. The molecule has 13 heavy (non-hydrogen) atoms. The molecule has 3 nitrogen and oxygen atoms in total. The van der Waals surface area contributed by atoms with E-state index in [1.165, 1.54) is 25.7 Å². The molecule has 0 aromatic rings. The van der Waals surface area contributed by atoms with Crippen LogP contribution in [-0.4, -0.2) is 24.2 Å². The number of rotatable bonds is 3. The normalized spacial score (nSPS) is 19.5. The van der Waals surface area contributed by atoms with Gasteiger partial charge in [0.05, 0.1) is 6.61 Å². The summed E-state index contributed by atoms with van der Waals surface area (Å²) < 4.78 is 0. The minimum Gasteiger partial charge on any atom is -0.395 e. The van der Waals surface area contributed by atoms with Crippen molar-refractivity contribution in [2.24, 2.45) is 5.92 Å². The molecule has 1 fully saturated rings. The van der Waals surface area contributed by atoms with E-state index in [4.69, 9.17) is 5.11 Å². The van der Waals surface area contributed by atoms with E-state index in [2.05, 4.69) is 5.32 Å². The van der Waals surface area contributed by atoms with Crippen molar-refractivity contribution >= 4 is 5.91 Å². The summed E-state index contributed by atoms with van der Waals surface area (Å²) in [6.07, 6.45) is 6.94. The largest absolute Gasteiger partial charge is 0.395 e. The smallest absolute Gasteiger partial charge is 0.223 e. The average molecular weight is 185 g/mol. The molecule has 0 heterocycles. The molecule has 76 valence electrons. The first-order chi connectivity index (χ1) is 6.34. The molecule has 0 unspecified atom stereocenters. The molecule has 0 radical (unpaired) electrons. The summed E-state index contributed by atoms with van der Waals surface area (Å²) in [5.41, 5.74) is 0. The molecule has 3 heteroatoms.